The van der Waals surface area contributed by atoms with Gasteiger partial charge in [-0.3, -0.25) is 19.8 Å². The Morgan fingerprint density at radius 1 is 1.10 bits per heavy atom. The first-order valence-corrected chi connectivity index (χ1v) is 9.91. The smallest absolute Gasteiger partial charge is 0.273 e. The van der Waals surface area contributed by atoms with Gasteiger partial charge in [-0.05, 0) is 43.0 Å². The third kappa shape index (κ3) is 3.77. The van der Waals surface area contributed by atoms with Gasteiger partial charge in [0.2, 0.25) is 0 Å². The summed E-state index contributed by atoms with van der Waals surface area (Å²) in [6.07, 6.45) is 1.66. The van der Waals surface area contributed by atoms with Crippen LogP contribution in [0, 0.1) is 17.0 Å². The lowest BCUT2D eigenvalue weighted by Gasteiger charge is -2.06. The number of amidine groups is 1. The van der Waals surface area contributed by atoms with E-state index in [1.165, 1.54) is 22.7 Å². The zero-order valence-electron chi connectivity index (χ0n) is 16.2. The molecule has 1 aliphatic rings. The highest BCUT2D eigenvalue weighted by Gasteiger charge is 2.30. The lowest BCUT2D eigenvalue weighted by Crippen LogP contribution is -2.23. The molecule has 30 heavy (non-hydrogen) atoms. The van der Waals surface area contributed by atoms with Gasteiger partial charge in [-0.1, -0.05) is 30.3 Å². The number of nitrogens with zero attached hydrogens (tertiary/aromatic N) is 3. The van der Waals surface area contributed by atoms with Crippen molar-refractivity contribution in [2.75, 3.05) is 7.05 Å². The minimum Gasteiger partial charge on any atom is -0.457 e. The van der Waals surface area contributed by atoms with Gasteiger partial charge in [-0.2, -0.15) is 0 Å². The molecule has 0 spiro atoms. The van der Waals surface area contributed by atoms with Gasteiger partial charge in [-0.25, -0.2) is 4.99 Å². The number of benzene rings is 2. The van der Waals surface area contributed by atoms with Crippen molar-refractivity contribution >= 4 is 40.3 Å². The Morgan fingerprint density at radius 3 is 2.60 bits per heavy atom. The van der Waals surface area contributed by atoms with E-state index >= 15 is 0 Å². The molecule has 0 bridgehead atoms. The van der Waals surface area contributed by atoms with Crippen LogP contribution in [0.3, 0.4) is 0 Å². The summed E-state index contributed by atoms with van der Waals surface area (Å²) in [4.78, 5) is 29.9. The molecule has 4 rings (SSSR count). The first-order chi connectivity index (χ1) is 14.4. The fourth-order valence-corrected chi connectivity index (χ4v) is 4.02. The van der Waals surface area contributed by atoms with E-state index in [1.54, 1.807) is 44.3 Å². The van der Waals surface area contributed by atoms with E-state index in [9.17, 15) is 14.9 Å². The van der Waals surface area contributed by atoms with Gasteiger partial charge in [0.05, 0.1) is 15.5 Å². The SMILES string of the molecule is Cc1c(-c2ccc(/C=C3/SC(=Nc4ccccc4)N(C)C3=O)o2)cccc1[N+](=O)[O-]. The van der Waals surface area contributed by atoms with Crippen LogP contribution in [-0.4, -0.2) is 27.9 Å². The molecule has 1 aliphatic heterocycles. The van der Waals surface area contributed by atoms with Gasteiger partial charge in [0.25, 0.3) is 11.6 Å². The molecule has 1 saturated heterocycles. The van der Waals surface area contributed by atoms with Crippen molar-refractivity contribution in [3.8, 4) is 11.3 Å². The van der Waals surface area contributed by atoms with Crippen LogP contribution in [0.4, 0.5) is 11.4 Å². The van der Waals surface area contributed by atoms with E-state index in [2.05, 4.69) is 4.99 Å². The number of thioether (sulfide) groups is 1. The molecule has 0 saturated carbocycles. The molecular formula is C22H17N3O4S. The molecule has 2 heterocycles. The molecule has 1 aromatic heterocycles. The minimum absolute atomic E-state index is 0.0359. The van der Waals surface area contributed by atoms with Gasteiger partial charge in [0.1, 0.15) is 11.5 Å². The molecule has 2 aromatic carbocycles. The van der Waals surface area contributed by atoms with Gasteiger partial charge in [0.15, 0.2) is 5.17 Å². The summed E-state index contributed by atoms with van der Waals surface area (Å²) in [5.74, 6) is 0.824. The average Bonchev–Trinajstić information content (AvgIpc) is 3.29. The van der Waals surface area contributed by atoms with Crippen LogP contribution < -0.4 is 0 Å². The maximum absolute atomic E-state index is 12.6. The second-order valence-electron chi connectivity index (χ2n) is 6.61. The highest BCUT2D eigenvalue weighted by atomic mass is 32.2. The molecule has 7 nitrogen and oxygen atoms in total. The first-order valence-electron chi connectivity index (χ1n) is 9.09. The van der Waals surface area contributed by atoms with Crippen LogP contribution in [-0.2, 0) is 4.79 Å². The molecule has 1 amide bonds. The van der Waals surface area contributed by atoms with E-state index in [1.807, 2.05) is 30.3 Å². The molecule has 150 valence electrons. The van der Waals surface area contributed by atoms with Crippen molar-refractivity contribution in [1.29, 1.82) is 0 Å². The topological polar surface area (TPSA) is 89.0 Å². The summed E-state index contributed by atoms with van der Waals surface area (Å²) in [5.41, 5.74) is 1.97. The number of carbonyl (C=O) groups is 1. The fraction of sp³-hybridized carbons (Fsp3) is 0.0909. The van der Waals surface area contributed by atoms with Crippen LogP contribution in [0.5, 0.6) is 0 Å². The van der Waals surface area contributed by atoms with Crippen molar-refractivity contribution in [3.05, 3.63) is 87.0 Å². The number of likely N-dealkylation sites (N-methyl/N-ethyl adjacent to an activating group) is 1. The van der Waals surface area contributed by atoms with Gasteiger partial charge in [-0.15, -0.1) is 0 Å². The Bertz CT molecular complexity index is 1200. The Hall–Kier alpha value is -3.65. The minimum atomic E-state index is -0.415. The first kappa shape index (κ1) is 19.7. The van der Waals surface area contributed by atoms with E-state index < -0.39 is 4.92 Å². The zero-order valence-corrected chi connectivity index (χ0v) is 17.1. The third-order valence-electron chi connectivity index (χ3n) is 4.65. The number of para-hydroxylation sites is 1. The molecule has 3 aromatic rings. The number of amides is 1. The molecule has 0 unspecified atom stereocenters. The molecule has 1 fully saturated rings. The van der Waals surface area contributed by atoms with Crippen molar-refractivity contribution < 1.29 is 14.1 Å². The van der Waals surface area contributed by atoms with E-state index in [0.29, 0.717) is 32.7 Å². The van der Waals surface area contributed by atoms with Gasteiger partial charge in [0, 0.05) is 30.3 Å². The lowest BCUT2D eigenvalue weighted by atomic mass is 10.1. The highest BCUT2D eigenvalue weighted by molar-refractivity contribution is 8.18. The number of furan rings is 1. The predicted molar refractivity (Wildman–Crippen MR) is 117 cm³/mol. The standard InChI is InChI=1S/C22H17N3O4S/c1-14-17(9-6-10-18(14)25(27)28)19-12-11-16(29-19)13-20-21(26)24(2)22(30-20)23-15-7-4-3-5-8-15/h3-13H,1-2H3/b20-13+,23-22?. The second kappa shape index (κ2) is 8.00. The summed E-state index contributed by atoms with van der Waals surface area (Å²) in [5, 5.41) is 11.8. The number of carbonyl (C=O) groups excluding carboxylic acids is 1. The summed E-state index contributed by atoms with van der Waals surface area (Å²) in [7, 11) is 1.68. The summed E-state index contributed by atoms with van der Waals surface area (Å²) >= 11 is 1.27. The van der Waals surface area contributed by atoms with Crippen LogP contribution in [0.2, 0.25) is 0 Å². The molecule has 8 heteroatoms. The van der Waals surface area contributed by atoms with Crippen LogP contribution in [0.25, 0.3) is 17.4 Å². The van der Waals surface area contributed by atoms with Gasteiger partial charge >= 0.3 is 0 Å². The summed E-state index contributed by atoms with van der Waals surface area (Å²) < 4.78 is 5.86. The Morgan fingerprint density at radius 2 is 1.87 bits per heavy atom. The van der Waals surface area contributed by atoms with Gasteiger partial charge < -0.3 is 4.42 Å². The maximum atomic E-state index is 12.6. The number of aliphatic imine (C=N–C) groups is 1. The number of rotatable bonds is 4. The largest absolute Gasteiger partial charge is 0.457 e. The van der Waals surface area contributed by atoms with E-state index in [4.69, 9.17) is 4.42 Å². The van der Waals surface area contributed by atoms with E-state index in [-0.39, 0.29) is 11.6 Å². The number of hydrogen-bond acceptors (Lipinski definition) is 6. The molecule has 0 atom stereocenters. The van der Waals surface area contributed by atoms with Crippen molar-refractivity contribution in [2.24, 2.45) is 4.99 Å². The Kier molecular flexibility index (Phi) is 5.24. The van der Waals surface area contributed by atoms with Crippen molar-refractivity contribution in [1.82, 2.24) is 4.90 Å². The normalized spacial score (nSPS) is 16.6. The Labute approximate surface area is 176 Å². The van der Waals surface area contributed by atoms with Crippen molar-refractivity contribution in [2.45, 2.75) is 6.92 Å². The number of nitro benzene ring substituents is 1. The quantitative estimate of drug-likeness (QED) is 0.321. The highest BCUT2D eigenvalue weighted by Crippen LogP contribution is 2.35. The Balaban J connectivity index is 1.62. The van der Waals surface area contributed by atoms with Crippen LogP contribution in [0.15, 0.2) is 75.0 Å². The van der Waals surface area contributed by atoms with Crippen LogP contribution >= 0.6 is 11.8 Å². The molecule has 0 aliphatic carbocycles. The number of hydrogen-bond donors (Lipinski definition) is 0. The summed E-state index contributed by atoms with van der Waals surface area (Å²) in [6, 6.07) is 17.7. The molecular weight excluding hydrogens is 402 g/mol. The van der Waals surface area contributed by atoms with Crippen LogP contribution in [0.1, 0.15) is 11.3 Å². The number of nitro groups is 1. The monoisotopic (exact) mass is 419 g/mol. The van der Waals surface area contributed by atoms with Crippen molar-refractivity contribution in [3.63, 3.8) is 0 Å². The summed E-state index contributed by atoms with van der Waals surface area (Å²) in [6.45, 7) is 1.69. The molecule has 0 N–H and O–H groups in total. The second-order valence-corrected chi connectivity index (χ2v) is 7.62. The molecule has 0 radical (unpaired) electrons. The average molecular weight is 419 g/mol. The third-order valence-corrected chi connectivity index (χ3v) is 5.71. The fourth-order valence-electron chi connectivity index (χ4n) is 3.06. The zero-order chi connectivity index (χ0) is 21.3. The lowest BCUT2D eigenvalue weighted by molar-refractivity contribution is -0.385. The maximum Gasteiger partial charge on any atom is 0.273 e. The van der Waals surface area contributed by atoms with E-state index in [0.717, 1.165) is 5.69 Å². The predicted octanol–water partition coefficient (Wildman–Crippen LogP) is 5.40.